The van der Waals surface area contributed by atoms with Gasteiger partial charge in [-0.1, -0.05) is 13.8 Å². The summed E-state index contributed by atoms with van der Waals surface area (Å²) in [5.41, 5.74) is -0.355. The van der Waals surface area contributed by atoms with Crippen LogP contribution in [0.3, 0.4) is 0 Å². The summed E-state index contributed by atoms with van der Waals surface area (Å²) in [6.45, 7) is 8.91. The Labute approximate surface area is 124 Å². The number of rotatable bonds is 4. The summed E-state index contributed by atoms with van der Waals surface area (Å²) in [6.07, 6.45) is 7.15. The quantitative estimate of drug-likeness (QED) is 0.854. The standard InChI is InChI=1S/C17H30N2O/c1-12(2)19-17(11-18)8-7-16(10-17)20-15-6-5-13(3)14(4)9-15/h12-16,19H,5-10H2,1-4H3. The van der Waals surface area contributed by atoms with Gasteiger partial charge in [-0.2, -0.15) is 5.26 Å². The smallest absolute Gasteiger partial charge is 0.109 e. The summed E-state index contributed by atoms with van der Waals surface area (Å²) < 4.78 is 6.32. The van der Waals surface area contributed by atoms with E-state index in [2.05, 4.69) is 39.1 Å². The fourth-order valence-electron chi connectivity index (χ4n) is 3.83. The Morgan fingerprint density at radius 2 is 1.90 bits per heavy atom. The van der Waals surface area contributed by atoms with Crippen LogP contribution in [-0.2, 0) is 4.74 Å². The van der Waals surface area contributed by atoms with E-state index in [9.17, 15) is 5.26 Å². The second-order valence-electron chi connectivity index (χ2n) is 7.38. The van der Waals surface area contributed by atoms with Crippen molar-refractivity contribution < 1.29 is 4.74 Å². The van der Waals surface area contributed by atoms with E-state index in [4.69, 9.17) is 4.74 Å². The lowest BCUT2D eigenvalue weighted by Gasteiger charge is -2.34. The molecule has 2 aliphatic rings. The molecule has 20 heavy (non-hydrogen) atoms. The van der Waals surface area contributed by atoms with Gasteiger partial charge in [-0.05, 0) is 57.8 Å². The van der Waals surface area contributed by atoms with Crippen LogP contribution in [0, 0.1) is 23.2 Å². The van der Waals surface area contributed by atoms with E-state index < -0.39 is 0 Å². The average Bonchev–Trinajstić information content (AvgIpc) is 2.77. The summed E-state index contributed by atoms with van der Waals surface area (Å²) >= 11 is 0. The highest BCUT2D eigenvalue weighted by Gasteiger charge is 2.41. The first kappa shape index (κ1) is 15.8. The summed E-state index contributed by atoms with van der Waals surface area (Å²) in [5.74, 6) is 1.60. The van der Waals surface area contributed by atoms with Gasteiger partial charge in [-0.3, -0.25) is 5.32 Å². The predicted molar refractivity (Wildman–Crippen MR) is 81.3 cm³/mol. The highest BCUT2D eigenvalue weighted by molar-refractivity contribution is 5.12. The van der Waals surface area contributed by atoms with E-state index in [0.29, 0.717) is 12.1 Å². The number of nitrogens with one attached hydrogen (secondary N) is 1. The number of nitriles is 1. The third-order valence-corrected chi connectivity index (χ3v) is 5.18. The molecule has 0 bridgehead atoms. The van der Waals surface area contributed by atoms with Gasteiger partial charge < -0.3 is 4.74 Å². The van der Waals surface area contributed by atoms with Crippen molar-refractivity contribution in [3.63, 3.8) is 0 Å². The average molecular weight is 278 g/mol. The van der Waals surface area contributed by atoms with Gasteiger partial charge in [-0.15, -0.1) is 0 Å². The van der Waals surface area contributed by atoms with Crippen molar-refractivity contribution in [2.45, 2.75) is 90.0 Å². The molecule has 0 aromatic carbocycles. The minimum Gasteiger partial charge on any atom is -0.375 e. The third kappa shape index (κ3) is 3.74. The van der Waals surface area contributed by atoms with Crippen LogP contribution in [0.5, 0.6) is 0 Å². The van der Waals surface area contributed by atoms with Gasteiger partial charge in [0.2, 0.25) is 0 Å². The molecule has 2 rings (SSSR count). The van der Waals surface area contributed by atoms with Crippen LogP contribution in [0.15, 0.2) is 0 Å². The summed E-state index contributed by atoms with van der Waals surface area (Å²) in [5, 5.41) is 12.9. The molecular weight excluding hydrogens is 248 g/mol. The molecule has 3 heteroatoms. The van der Waals surface area contributed by atoms with Crippen molar-refractivity contribution in [1.29, 1.82) is 5.26 Å². The van der Waals surface area contributed by atoms with E-state index in [1.165, 1.54) is 19.3 Å². The van der Waals surface area contributed by atoms with Crippen LogP contribution in [0.4, 0.5) is 0 Å². The van der Waals surface area contributed by atoms with Gasteiger partial charge in [0.05, 0.1) is 18.3 Å². The Kier molecular flexibility index (Phi) is 5.09. The highest BCUT2D eigenvalue weighted by Crippen LogP contribution is 2.36. The predicted octanol–water partition coefficient (Wildman–Crippen LogP) is 3.64. The molecule has 2 aliphatic carbocycles. The molecule has 114 valence electrons. The van der Waals surface area contributed by atoms with Gasteiger partial charge in [0, 0.05) is 12.5 Å². The van der Waals surface area contributed by atoms with Crippen LogP contribution in [-0.4, -0.2) is 23.8 Å². The second-order valence-corrected chi connectivity index (χ2v) is 7.38. The SMILES string of the molecule is CC(C)NC1(C#N)CCC(OC2CCC(C)C(C)C2)C1. The lowest BCUT2D eigenvalue weighted by atomic mass is 9.80. The maximum absolute atomic E-state index is 9.50. The molecule has 5 atom stereocenters. The molecule has 0 aliphatic heterocycles. The molecule has 0 spiro atoms. The molecular formula is C17H30N2O. The van der Waals surface area contributed by atoms with Gasteiger partial charge in [0.1, 0.15) is 5.54 Å². The number of hydrogen-bond donors (Lipinski definition) is 1. The number of ether oxygens (including phenoxy) is 1. The maximum atomic E-state index is 9.50. The molecule has 0 saturated heterocycles. The Bertz CT molecular complexity index is 362. The van der Waals surface area contributed by atoms with Gasteiger partial charge in [0.25, 0.3) is 0 Å². The molecule has 0 aromatic rings. The first-order valence-corrected chi connectivity index (χ1v) is 8.28. The zero-order valence-electron chi connectivity index (χ0n) is 13.5. The molecule has 1 N–H and O–H groups in total. The zero-order valence-corrected chi connectivity index (χ0v) is 13.5. The molecule has 0 amide bonds. The monoisotopic (exact) mass is 278 g/mol. The molecule has 0 radical (unpaired) electrons. The minimum atomic E-state index is -0.355. The van der Waals surface area contributed by atoms with Crippen molar-refractivity contribution >= 4 is 0 Å². The van der Waals surface area contributed by atoms with Crippen LogP contribution >= 0.6 is 0 Å². The van der Waals surface area contributed by atoms with Gasteiger partial charge in [-0.25, -0.2) is 0 Å². The van der Waals surface area contributed by atoms with Crippen molar-refractivity contribution in [3.8, 4) is 6.07 Å². The topological polar surface area (TPSA) is 45.0 Å². The highest BCUT2D eigenvalue weighted by atomic mass is 16.5. The fourth-order valence-corrected chi connectivity index (χ4v) is 3.83. The molecule has 3 nitrogen and oxygen atoms in total. The molecule has 0 aromatic heterocycles. The van der Waals surface area contributed by atoms with Crippen molar-refractivity contribution in [2.24, 2.45) is 11.8 Å². The van der Waals surface area contributed by atoms with Crippen molar-refractivity contribution in [3.05, 3.63) is 0 Å². The lowest BCUT2D eigenvalue weighted by Crippen LogP contribution is -2.46. The summed E-state index contributed by atoms with van der Waals surface area (Å²) in [4.78, 5) is 0. The number of nitrogens with zero attached hydrogens (tertiary/aromatic N) is 1. The van der Waals surface area contributed by atoms with E-state index in [1.54, 1.807) is 0 Å². The van der Waals surface area contributed by atoms with Crippen molar-refractivity contribution in [2.75, 3.05) is 0 Å². The largest absolute Gasteiger partial charge is 0.375 e. The lowest BCUT2D eigenvalue weighted by molar-refractivity contribution is -0.0456. The summed E-state index contributed by atoms with van der Waals surface area (Å²) in [6, 6.07) is 2.85. The van der Waals surface area contributed by atoms with Gasteiger partial charge >= 0.3 is 0 Å². The number of hydrogen-bond acceptors (Lipinski definition) is 3. The normalized spacial score (nSPS) is 41.8. The van der Waals surface area contributed by atoms with Gasteiger partial charge in [0.15, 0.2) is 0 Å². The van der Waals surface area contributed by atoms with Crippen LogP contribution in [0.1, 0.15) is 66.2 Å². The maximum Gasteiger partial charge on any atom is 0.109 e. The Morgan fingerprint density at radius 1 is 1.15 bits per heavy atom. The van der Waals surface area contributed by atoms with E-state index in [0.717, 1.165) is 31.1 Å². The van der Waals surface area contributed by atoms with Crippen molar-refractivity contribution in [1.82, 2.24) is 5.32 Å². The van der Waals surface area contributed by atoms with E-state index in [1.807, 2.05) is 0 Å². The Balaban J connectivity index is 1.85. The Hall–Kier alpha value is -0.590. The molecule has 2 saturated carbocycles. The zero-order chi connectivity index (χ0) is 14.8. The second kappa shape index (κ2) is 6.45. The molecule has 5 unspecified atom stereocenters. The Morgan fingerprint density at radius 3 is 2.50 bits per heavy atom. The third-order valence-electron chi connectivity index (χ3n) is 5.18. The minimum absolute atomic E-state index is 0.270. The van der Waals surface area contributed by atoms with Crippen LogP contribution in [0.2, 0.25) is 0 Å². The molecule has 2 fully saturated rings. The van der Waals surface area contributed by atoms with E-state index in [-0.39, 0.29) is 11.6 Å². The molecule has 0 heterocycles. The van der Waals surface area contributed by atoms with Crippen LogP contribution < -0.4 is 5.32 Å². The fraction of sp³-hybridized carbons (Fsp3) is 0.941. The first-order valence-electron chi connectivity index (χ1n) is 8.28. The van der Waals surface area contributed by atoms with Crippen LogP contribution in [0.25, 0.3) is 0 Å². The first-order chi connectivity index (χ1) is 9.44. The summed E-state index contributed by atoms with van der Waals surface area (Å²) in [7, 11) is 0. The van der Waals surface area contributed by atoms with E-state index >= 15 is 0 Å².